The van der Waals surface area contributed by atoms with Gasteiger partial charge in [0.25, 0.3) is 5.91 Å². The summed E-state index contributed by atoms with van der Waals surface area (Å²) in [5.74, 6) is -0.649. The van der Waals surface area contributed by atoms with Crippen molar-refractivity contribution in [1.82, 2.24) is 10.2 Å². The third-order valence-electron chi connectivity index (χ3n) is 4.81. The number of anilines is 1. The second-order valence-corrected chi connectivity index (χ2v) is 6.18. The normalized spacial score (nSPS) is 21.3. The third-order valence-corrected chi connectivity index (χ3v) is 4.81. The molecular weight excluding hydrogens is 307 g/mol. The Hall–Kier alpha value is -2.39. The molecule has 6 heteroatoms. The molecule has 24 heavy (non-hydrogen) atoms. The molecule has 0 saturated carbocycles. The van der Waals surface area contributed by atoms with E-state index in [4.69, 9.17) is 5.26 Å². The molecular formula is C18H21FN4O. The van der Waals surface area contributed by atoms with E-state index in [1.807, 2.05) is 4.90 Å². The standard InChI is InChI=1S/C18H21FN4O/c1-21-18(24)14-3-5-17(16(19)11-14)23-8-6-22(7-9-23)15-4-2-13(10-15)12-20/h3,5,10-11,15H,2,4,6-9H2,1H3,(H,21,24)/t15-/m1/s1. The first-order chi connectivity index (χ1) is 11.6. The van der Waals surface area contributed by atoms with Crippen molar-refractivity contribution >= 4 is 11.6 Å². The van der Waals surface area contributed by atoms with Crippen LogP contribution in [0.5, 0.6) is 0 Å². The number of hydrogen-bond donors (Lipinski definition) is 1. The fraction of sp³-hybridized carbons (Fsp3) is 0.444. The molecule has 1 atom stereocenters. The van der Waals surface area contributed by atoms with Gasteiger partial charge in [-0.25, -0.2) is 4.39 Å². The number of allylic oxidation sites excluding steroid dienone is 1. The maximum absolute atomic E-state index is 14.3. The smallest absolute Gasteiger partial charge is 0.251 e. The highest BCUT2D eigenvalue weighted by Crippen LogP contribution is 2.26. The summed E-state index contributed by atoms with van der Waals surface area (Å²) in [6.07, 6.45) is 3.92. The predicted molar refractivity (Wildman–Crippen MR) is 90.3 cm³/mol. The maximum Gasteiger partial charge on any atom is 0.251 e. The number of nitriles is 1. The van der Waals surface area contributed by atoms with Crippen molar-refractivity contribution in [1.29, 1.82) is 5.26 Å². The van der Waals surface area contributed by atoms with Crippen molar-refractivity contribution in [3.05, 3.63) is 41.2 Å². The molecule has 126 valence electrons. The number of nitrogens with one attached hydrogen (secondary N) is 1. The van der Waals surface area contributed by atoms with E-state index in [9.17, 15) is 9.18 Å². The van der Waals surface area contributed by atoms with Crippen LogP contribution in [0.1, 0.15) is 23.2 Å². The number of hydrogen-bond acceptors (Lipinski definition) is 4. The Morgan fingerprint density at radius 1 is 1.33 bits per heavy atom. The molecule has 0 unspecified atom stereocenters. The van der Waals surface area contributed by atoms with Gasteiger partial charge in [0.05, 0.1) is 11.8 Å². The molecule has 3 rings (SSSR count). The van der Waals surface area contributed by atoms with Crippen molar-refractivity contribution in [3.63, 3.8) is 0 Å². The van der Waals surface area contributed by atoms with Gasteiger partial charge in [0.1, 0.15) is 5.82 Å². The van der Waals surface area contributed by atoms with Gasteiger partial charge in [-0.3, -0.25) is 9.69 Å². The van der Waals surface area contributed by atoms with Crippen molar-refractivity contribution < 1.29 is 9.18 Å². The molecule has 1 heterocycles. The molecule has 0 spiro atoms. The van der Waals surface area contributed by atoms with Crippen LogP contribution >= 0.6 is 0 Å². The number of nitrogens with zero attached hydrogens (tertiary/aromatic N) is 3. The largest absolute Gasteiger partial charge is 0.367 e. The lowest BCUT2D eigenvalue weighted by Crippen LogP contribution is -2.49. The Labute approximate surface area is 141 Å². The van der Waals surface area contributed by atoms with Crippen LogP contribution in [0.15, 0.2) is 29.8 Å². The molecule has 0 bridgehead atoms. The number of carbonyl (C=O) groups excluding carboxylic acids is 1. The fourth-order valence-electron chi connectivity index (χ4n) is 3.43. The van der Waals surface area contributed by atoms with Crippen LogP contribution < -0.4 is 10.2 Å². The molecule has 2 aliphatic rings. The van der Waals surface area contributed by atoms with E-state index in [2.05, 4.69) is 22.4 Å². The summed E-state index contributed by atoms with van der Waals surface area (Å²) in [7, 11) is 1.53. The van der Waals surface area contributed by atoms with Gasteiger partial charge in [-0.15, -0.1) is 0 Å². The first kappa shape index (κ1) is 16.5. The third kappa shape index (κ3) is 3.26. The van der Waals surface area contributed by atoms with E-state index >= 15 is 0 Å². The summed E-state index contributed by atoms with van der Waals surface area (Å²) in [5, 5.41) is 11.5. The van der Waals surface area contributed by atoms with Crippen LogP contribution in [0, 0.1) is 17.1 Å². The minimum Gasteiger partial charge on any atom is -0.367 e. The van der Waals surface area contributed by atoms with Crippen molar-refractivity contribution in [3.8, 4) is 6.07 Å². The van der Waals surface area contributed by atoms with Crippen LogP contribution in [0.2, 0.25) is 0 Å². The van der Waals surface area contributed by atoms with Crippen LogP contribution in [-0.4, -0.2) is 50.1 Å². The van der Waals surface area contributed by atoms with Gasteiger partial charge in [-0.1, -0.05) is 6.08 Å². The number of amides is 1. The number of rotatable bonds is 3. The van der Waals surface area contributed by atoms with Crippen LogP contribution in [-0.2, 0) is 0 Å². The highest BCUT2D eigenvalue weighted by atomic mass is 19.1. The van der Waals surface area contributed by atoms with Crippen molar-refractivity contribution in [2.45, 2.75) is 18.9 Å². The van der Waals surface area contributed by atoms with Crippen molar-refractivity contribution in [2.75, 3.05) is 38.1 Å². The summed E-state index contributed by atoms with van der Waals surface area (Å²) in [4.78, 5) is 15.9. The second-order valence-electron chi connectivity index (χ2n) is 6.18. The van der Waals surface area contributed by atoms with Gasteiger partial charge < -0.3 is 10.2 Å². The minimum absolute atomic E-state index is 0.286. The zero-order chi connectivity index (χ0) is 17.1. The molecule has 1 aromatic rings. The SMILES string of the molecule is CNC(=O)c1ccc(N2CCN([C@H]3C=C(C#N)CC3)CC2)c(F)c1. The molecule has 1 aromatic carbocycles. The minimum atomic E-state index is -0.364. The van der Waals surface area contributed by atoms with E-state index < -0.39 is 0 Å². The fourth-order valence-corrected chi connectivity index (χ4v) is 3.43. The van der Waals surface area contributed by atoms with E-state index in [-0.39, 0.29) is 11.7 Å². The number of benzene rings is 1. The number of halogens is 1. The Morgan fingerprint density at radius 2 is 2.08 bits per heavy atom. The first-order valence-corrected chi connectivity index (χ1v) is 8.24. The van der Waals surface area contributed by atoms with E-state index in [0.29, 0.717) is 17.3 Å². The molecule has 1 N–H and O–H groups in total. The molecule has 1 fully saturated rings. The average Bonchev–Trinajstić information content (AvgIpc) is 3.10. The van der Waals surface area contributed by atoms with Crippen LogP contribution in [0.4, 0.5) is 10.1 Å². The molecule has 1 aliphatic carbocycles. The van der Waals surface area contributed by atoms with Gasteiger partial charge in [-0.05, 0) is 31.0 Å². The first-order valence-electron chi connectivity index (χ1n) is 8.24. The Kier molecular flexibility index (Phi) is 4.81. The predicted octanol–water partition coefficient (Wildman–Crippen LogP) is 1.92. The molecule has 0 aromatic heterocycles. The molecule has 0 radical (unpaired) electrons. The van der Waals surface area contributed by atoms with E-state index in [1.165, 1.54) is 13.1 Å². The van der Waals surface area contributed by atoms with Gasteiger partial charge >= 0.3 is 0 Å². The molecule has 1 saturated heterocycles. The lowest BCUT2D eigenvalue weighted by molar-refractivity contribution is 0.0962. The molecule has 5 nitrogen and oxygen atoms in total. The summed E-state index contributed by atoms with van der Waals surface area (Å²) >= 11 is 0. The highest BCUT2D eigenvalue weighted by Gasteiger charge is 2.27. The molecule has 1 amide bonds. The maximum atomic E-state index is 14.3. The monoisotopic (exact) mass is 328 g/mol. The zero-order valence-corrected chi connectivity index (χ0v) is 13.8. The van der Waals surface area contributed by atoms with Crippen LogP contribution in [0.25, 0.3) is 0 Å². The van der Waals surface area contributed by atoms with Gasteiger partial charge in [-0.2, -0.15) is 5.26 Å². The topological polar surface area (TPSA) is 59.4 Å². The second kappa shape index (κ2) is 7.02. The van der Waals surface area contributed by atoms with Gasteiger partial charge in [0.2, 0.25) is 0 Å². The average molecular weight is 328 g/mol. The Bertz CT molecular complexity index is 701. The van der Waals surface area contributed by atoms with Gasteiger partial charge in [0, 0.05) is 50.4 Å². The lowest BCUT2D eigenvalue weighted by Gasteiger charge is -2.38. The number of piperazine rings is 1. The van der Waals surface area contributed by atoms with E-state index in [1.54, 1.807) is 12.1 Å². The van der Waals surface area contributed by atoms with E-state index in [0.717, 1.165) is 44.6 Å². The lowest BCUT2D eigenvalue weighted by atomic mass is 10.1. The van der Waals surface area contributed by atoms with Crippen LogP contribution in [0.3, 0.4) is 0 Å². The number of carbonyl (C=O) groups is 1. The molecule has 1 aliphatic heterocycles. The Balaban J connectivity index is 1.64. The Morgan fingerprint density at radius 3 is 2.67 bits per heavy atom. The zero-order valence-electron chi connectivity index (χ0n) is 13.8. The summed E-state index contributed by atoms with van der Waals surface area (Å²) < 4.78 is 14.3. The summed E-state index contributed by atoms with van der Waals surface area (Å²) in [6, 6.07) is 7.20. The highest BCUT2D eigenvalue weighted by molar-refractivity contribution is 5.94. The summed E-state index contributed by atoms with van der Waals surface area (Å²) in [5.41, 5.74) is 1.75. The summed E-state index contributed by atoms with van der Waals surface area (Å²) in [6.45, 7) is 3.16. The van der Waals surface area contributed by atoms with Gasteiger partial charge in [0.15, 0.2) is 0 Å². The quantitative estimate of drug-likeness (QED) is 0.921. The van der Waals surface area contributed by atoms with Crippen molar-refractivity contribution in [2.24, 2.45) is 0 Å².